The summed E-state index contributed by atoms with van der Waals surface area (Å²) >= 11 is 6.01. The van der Waals surface area contributed by atoms with Crippen molar-refractivity contribution in [1.82, 2.24) is 0 Å². The van der Waals surface area contributed by atoms with Gasteiger partial charge in [-0.15, -0.1) is 0 Å². The van der Waals surface area contributed by atoms with E-state index in [9.17, 15) is 14.0 Å². The average molecular weight is 455 g/mol. The van der Waals surface area contributed by atoms with Gasteiger partial charge in [-0.25, -0.2) is 9.18 Å². The summed E-state index contributed by atoms with van der Waals surface area (Å²) in [4.78, 5) is 24.3. The minimum atomic E-state index is -0.471. The van der Waals surface area contributed by atoms with Crippen LogP contribution in [0.5, 0.6) is 17.2 Å². The van der Waals surface area contributed by atoms with Crippen molar-refractivity contribution in [3.05, 3.63) is 99.1 Å². The van der Waals surface area contributed by atoms with E-state index in [-0.39, 0.29) is 22.8 Å². The van der Waals surface area contributed by atoms with Crippen LogP contribution in [0.25, 0.3) is 11.0 Å². The van der Waals surface area contributed by atoms with Crippen LogP contribution in [0.15, 0.2) is 76.1 Å². The molecule has 8 heteroatoms. The van der Waals surface area contributed by atoms with Gasteiger partial charge in [0.2, 0.25) is 11.2 Å². The molecule has 0 amide bonds. The van der Waals surface area contributed by atoms with E-state index in [1.165, 1.54) is 37.6 Å². The number of carbonyl (C=O) groups excluding carboxylic acids is 1. The molecule has 0 radical (unpaired) electrons. The van der Waals surface area contributed by atoms with Crippen LogP contribution in [0.2, 0.25) is 5.02 Å². The summed E-state index contributed by atoms with van der Waals surface area (Å²) in [5.41, 5.74) is 0.930. The molecular formula is C24H16ClFO6. The van der Waals surface area contributed by atoms with Gasteiger partial charge in [-0.2, -0.15) is 0 Å². The topological polar surface area (TPSA) is 75.0 Å². The molecule has 0 atom stereocenters. The molecule has 0 bridgehead atoms. The smallest absolute Gasteiger partial charge is 0.337 e. The first-order valence-corrected chi connectivity index (χ1v) is 9.81. The van der Waals surface area contributed by atoms with Gasteiger partial charge in [-0.05, 0) is 48.5 Å². The van der Waals surface area contributed by atoms with Crippen LogP contribution in [0.1, 0.15) is 15.9 Å². The lowest BCUT2D eigenvalue weighted by atomic mass is 10.2. The highest BCUT2D eigenvalue weighted by Gasteiger charge is 2.12. The fraction of sp³-hybridized carbons (Fsp3) is 0.0833. The van der Waals surface area contributed by atoms with Gasteiger partial charge >= 0.3 is 5.97 Å². The van der Waals surface area contributed by atoms with E-state index in [2.05, 4.69) is 4.74 Å². The molecule has 0 saturated heterocycles. The maximum Gasteiger partial charge on any atom is 0.337 e. The lowest BCUT2D eigenvalue weighted by molar-refractivity contribution is 0.0600. The van der Waals surface area contributed by atoms with Crippen LogP contribution in [0, 0.1) is 5.82 Å². The number of halogens is 2. The fourth-order valence-corrected chi connectivity index (χ4v) is 3.18. The van der Waals surface area contributed by atoms with Gasteiger partial charge in [-0.3, -0.25) is 4.79 Å². The molecule has 0 aliphatic carbocycles. The Morgan fingerprint density at radius 3 is 2.50 bits per heavy atom. The lowest BCUT2D eigenvalue weighted by Gasteiger charge is -2.09. The van der Waals surface area contributed by atoms with Crippen molar-refractivity contribution in [2.24, 2.45) is 0 Å². The summed E-state index contributed by atoms with van der Waals surface area (Å²) < 4.78 is 34.7. The summed E-state index contributed by atoms with van der Waals surface area (Å²) in [6.07, 6.45) is 1.21. The minimum Gasteiger partial charge on any atom is -0.489 e. The highest BCUT2D eigenvalue weighted by atomic mass is 35.5. The first kappa shape index (κ1) is 21.4. The minimum absolute atomic E-state index is 0.00456. The Morgan fingerprint density at radius 2 is 1.78 bits per heavy atom. The zero-order chi connectivity index (χ0) is 22.7. The number of carbonyl (C=O) groups is 1. The Labute approximate surface area is 186 Å². The zero-order valence-corrected chi connectivity index (χ0v) is 17.5. The van der Waals surface area contributed by atoms with Crippen LogP contribution in [0.4, 0.5) is 4.39 Å². The number of hydrogen-bond acceptors (Lipinski definition) is 6. The Kier molecular flexibility index (Phi) is 6.09. The first-order valence-electron chi connectivity index (χ1n) is 9.43. The maximum absolute atomic E-state index is 13.2. The van der Waals surface area contributed by atoms with E-state index in [4.69, 9.17) is 25.5 Å². The van der Waals surface area contributed by atoms with Crippen molar-refractivity contribution < 1.29 is 27.8 Å². The molecule has 32 heavy (non-hydrogen) atoms. The number of ether oxygens (including phenoxy) is 3. The molecule has 162 valence electrons. The van der Waals surface area contributed by atoms with Crippen LogP contribution in [-0.2, 0) is 11.3 Å². The van der Waals surface area contributed by atoms with E-state index >= 15 is 0 Å². The highest BCUT2D eigenvalue weighted by molar-refractivity contribution is 6.31. The second kappa shape index (κ2) is 9.11. The van der Waals surface area contributed by atoms with E-state index in [1.54, 1.807) is 36.4 Å². The molecule has 0 spiro atoms. The summed E-state index contributed by atoms with van der Waals surface area (Å²) in [7, 11) is 1.29. The normalized spacial score (nSPS) is 10.7. The fourth-order valence-electron chi connectivity index (χ4n) is 2.95. The third-order valence-corrected chi connectivity index (χ3v) is 4.98. The Morgan fingerprint density at radius 1 is 1.03 bits per heavy atom. The molecule has 0 fully saturated rings. The third kappa shape index (κ3) is 4.58. The number of rotatable bonds is 6. The van der Waals surface area contributed by atoms with Crippen LogP contribution >= 0.6 is 11.6 Å². The van der Waals surface area contributed by atoms with Crippen LogP contribution in [-0.4, -0.2) is 13.1 Å². The largest absolute Gasteiger partial charge is 0.489 e. The van der Waals surface area contributed by atoms with E-state index < -0.39 is 11.8 Å². The van der Waals surface area contributed by atoms with Crippen molar-refractivity contribution in [2.45, 2.75) is 6.61 Å². The number of methoxy groups -OCH3 is 1. The molecule has 4 aromatic rings. The van der Waals surface area contributed by atoms with Crippen LogP contribution in [0.3, 0.4) is 0 Å². The second-order valence-corrected chi connectivity index (χ2v) is 7.14. The standard InChI is InChI=1S/C24H16ClFO6/c1-29-24(28)14-3-6-17(7-4-14)32-22-13-31-21-11-18(8-9-19(21)23(22)27)30-12-15-2-5-16(26)10-20(15)25/h2-11,13H,12H2,1H3. The molecular weight excluding hydrogens is 439 g/mol. The predicted molar refractivity (Wildman–Crippen MR) is 116 cm³/mol. The molecule has 0 N–H and O–H groups in total. The van der Waals surface area contributed by atoms with Gasteiger partial charge in [0.25, 0.3) is 0 Å². The van der Waals surface area contributed by atoms with Crippen molar-refractivity contribution in [3.63, 3.8) is 0 Å². The summed E-state index contributed by atoms with van der Waals surface area (Å²) in [5.74, 6) is -0.0891. The molecule has 0 saturated carbocycles. The van der Waals surface area contributed by atoms with Crippen molar-refractivity contribution in [3.8, 4) is 17.2 Å². The molecule has 0 aliphatic rings. The molecule has 4 rings (SSSR count). The Hall–Kier alpha value is -3.84. The number of benzene rings is 3. The zero-order valence-electron chi connectivity index (χ0n) is 16.8. The van der Waals surface area contributed by atoms with Gasteiger partial charge < -0.3 is 18.6 Å². The third-order valence-electron chi connectivity index (χ3n) is 4.63. The SMILES string of the molecule is COC(=O)c1ccc(Oc2coc3cc(OCc4ccc(F)cc4Cl)ccc3c2=O)cc1. The monoisotopic (exact) mass is 454 g/mol. The predicted octanol–water partition coefficient (Wildman–Crippen LogP) is 5.74. The molecule has 1 aromatic heterocycles. The molecule has 0 aliphatic heterocycles. The molecule has 6 nitrogen and oxygen atoms in total. The Bertz CT molecular complexity index is 1350. The average Bonchev–Trinajstić information content (AvgIpc) is 2.80. The van der Waals surface area contributed by atoms with E-state index in [0.29, 0.717) is 33.6 Å². The molecule has 0 unspecified atom stereocenters. The summed E-state index contributed by atoms with van der Waals surface area (Å²) in [6.45, 7) is 0.123. The quantitative estimate of drug-likeness (QED) is 0.346. The van der Waals surface area contributed by atoms with Gasteiger partial charge in [-0.1, -0.05) is 17.7 Å². The number of esters is 1. The molecule has 3 aromatic carbocycles. The second-order valence-electron chi connectivity index (χ2n) is 6.73. The van der Waals surface area contributed by atoms with Crippen molar-refractivity contribution >= 4 is 28.5 Å². The van der Waals surface area contributed by atoms with Gasteiger partial charge in [0.1, 0.15) is 35.8 Å². The van der Waals surface area contributed by atoms with E-state index in [0.717, 1.165) is 0 Å². The summed E-state index contributed by atoms with van der Waals surface area (Å²) in [5, 5.41) is 0.569. The summed E-state index contributed by atoms with van der Waals surface area (Å²) in [6, 6.07) is 15.0. The van der Waals surface area contributed by atoms with Crippen molar-refractivity contribution in [1.29, 1.82) is 0 Å². The van der Waals surface area contributed by atoms with Gasteiger partial charge in [0.15, 0.2) is 0 Å². The van der Waals surface area contributed by atoms with Gasteiger partial charge in [0, 0.05) is 11.6 Å². The van der Waals surface area contributed by atoms with Gasteiger partial charge in [0.05, 0.1) is 23.1 Å². The number of fused-ring (bicyclic) bond motifs is 1. The number of hydrogen-bond donors (Lipinski definition) is 0. The Balaban J connectivity index is 1.52. The van der Waals surface area contributed by atoms with Crippen LogP contribution < -0.4 is 14.9 Å². The maximum atomic E-state index is 13.2. The first-order chi connectivity index (χ1) is 15.4. The highest BCUT2D eigenvalue weighted by Crippen LogP contribution is 2.26. The van der Waals surface area contributed by atoms with E-state index in [1.807, 2.05) is 0 Å². The van der Waals surface area contributed by atoms with Crippen molar-refractivity contribution in [2.75, 3.05) is 7.11 Å². The molecule has 1 heterocycles. The lowest BCUT2D eigenvalue weighted by Crippen LogP contribution is -2.05.